The van der Waals surface area contributed by atoms with Gasteiger partial charge in [0.2, 0.25) is 0 Å². The smallest absolute Gasteiger partial charge is 0.0481 e. The summed E-state index contributed by atoms with van der Waals surface area (Å²) in [6.07, 6.45) is 3.15. The zero-order chi connectivity index (χ0) is 16.8. The van der Waals surface area contributed by atoms with Crippen LogP contribution in [0, 0.1) is 0 Å². The molecule has 1 N–H and O–H groups in total. The standard InChI is InChI=1S/C21H26N2S/c1-3-13-24-21-12-8-7-11-20(21)22-19-14-17(2)23(16-19)15-18-9-5-4-6-10-18/h3-12,17,19,22H,1,13-16H2,2H3. The highest BCUT2D eigenvalue weighted by Crippen LogP contribution is 2.30. The Kier molecular flexibility index (Phi) is 6.00. The van der Waals surface area contributed by atoms with E-state index in [2.05, 4.69) is 78.3 Å². The Balaban J connectivity index is 1.62. The summed E-state index contributed by atoms with van der Waals surface area (Å²) in [5.41, 5.74) is 2.65. The number of benzene rings is 2. The van der Waals surface area contributed by atoms with Crippen molar-refractivity contribution >= 4 is 17.4 Å². The summed E-state index contributed by atoms with van der Waals surface area (Å²) < 4.78 is 0. The molecule has 1 aliphatic heterocycles. The van der Waals surface area contributed by atoms with Crippen molar-refractivity contribution in [2.75, 3.05) is 17.6 Å². The van der Waals surface area contributed by atoms with Crippen LogP contribution in [0.2, 0.25) is 0 Å². The lowest BCUT2D eigenvalue weighted by atomic mass is 10.1. The van der Waals surface area contributed by atoms with Crippen LogP contribution in [0.15, 0.2) is 72.1 Å². The molecule has 3 rings (SSSR count). The van der Waals surface area contributed by atoms with Gasteiger partial charge in [0.15, 0.2) is 0 Å². The number of thioether (sulfide) groups is 1. The summed E-state index contributed by atoms with van der Waals surface area (Å²) in [5, 5.41) is 3.77. The molecule has 0 bridgehead atoms. The van der Waals surface area contributed by atoms with Gasteiger partial charge in [0, 0.05) is 41.5 Å². The van der Waals surface area contributed by atoms with E-state index >= 15 is 0 Å². The van der Waals surface area contributed by atoms with E-state index in [1.54, 1.807) is 0 Å². The molecule has 0 radical (unpaired) electrons. The van der Waals surface area contributed by atoms with Crippen LogP contribution in [0.3, 0.4) is 0 Å². The molecule has 1 saturated heterocycles. The molecule has 0 amide bonds. The van der Waals surface area contributed by atoms with Crippen LogP contribution in [0.4, 0.5) is 5.69 Å². The molecule has 0 spiro atoms. The number of likely N-dealkylation sites (tertiary alicyclic amines) is 1. The van der Waals surface area contributed by atoms with Crippen LogP contribution in [-0.2, 0) is 6.54 Å². The number of anilines is 1. The topological polar surface area (TPSA) is 15.3 Å². The van der Waals surface area contributed by atoms with Gasteiger partial charge in [0.1, 0.15) is 0 Å². The van der Waals surface area contributed by atoms with Crippen molar-refractivity contribution in [1.29, 1.82) is 0 Å². The van der Waals surface area contributed by atoms with Crippen molar-refractivity contribution in [3.05, 3.63) is 72.8 Å². The highest BCUT2D eigenvalue weighted by atomic mass is 32.2. The van der Waals surface area contributed by atoms with Gasteiger partial charge >= 0.3 is 0 Å². The lowest BCUT2D eigenvalue weighted by molar-refractivity contribution is 0.259. The van der Waals surface area contributed by atoms with Crippen LogP contribution < -0.4 is 5.32 Å². The Morgan fingerprint density at radius 2 is 1.92 bits per heavy atom. The Morgan fingerprint density at radius 1 is 1.17 bits per heavy atom. The normalized spacial score (nSPS) is 20.9. The summed E-state index contributed by atoms with van der Waals surface area (Å²) in [5.74, 6) is 0.944. The molecule has 126 valence electrons. The van der Waals surface area contributed by atoms with Gasteiger partial charge in [-0.2, -0.15) is 0 Å². The first kappa shape index (κ1) is 17.1. The molecule has 2 aromatic carbocycles. The van der Waals surface area contributed by atoms with E-state index in [-0.39, 0.29) is 0 Å². The lowest BCUT2D eigenvalue weighted by Gasteiger charge is -2.21. The van der Waals surface area contributed by atoms with Gasteiger partial charge < -0.3 is 5.32 Å². The number of hydrogen-bond acceptors (Lipinski definition) is 3. The van der Waals surface area contributed by atoms with Crippen molar-refractivity contribution in [2.24, 2.45) is 0 Å². The predicted molar refractivity (Wildman–Crippen MR) is 106 cm³/mol. The van der Waals surface area contributed by atoms with E-state index in [1.165, 1.54) is 22.6 Å². The highest BCUT2D eigenvalue weighted by Gasteiger charge is 2.29. The van der Waals surface area contributed by atoms with Gasteiger partial charge in [-0.1, -0.05) is 48.5 Å². The van der Waals surface area contributed by atoms with E-state index in [0.717, 1.165) is 18.8 Å². The SMILES string of the molecule is C=CCSc1ccccc1NC1CC(C)N(Cc2ccccc2)C1. The molecular formula is C21H26N2S. The Morgan fingerprint density at radius 3 is 2.71 bits per heavy atom. The Labute approximate surface area is 150 Å². The first-order valence-electron chi connectivity index (χ1n) is 8.63. The Bertz CT molecular complexity index is 656. The molecule has 0 aromatic heterocycles. The maximum Gasteiger partial charge on any atom is 0.0481 e. The third kappa shape index (κ3) is 4.43. The summed E-state index contributed by atoms with van der Waals surface area (Å²) in [6.45, 7) is 8.29. The molecule has 24 heavy (non-hydrogen) atoms. The quantitative estimate of drug-likeness (QED) is 0.562. The molecule has 2 unspecified atom stereocenters. The van der Waals surface area contributed by atoms with Crippen LogP contribution in [-0.4, -0.2) is 29.3 Å². The predicted octanol–water partition coefficient (Wildman–Crippen LogP) is 5.04. The molecule has 0 aliphatic carbocycles. The van der Waals surface area contributed by atoms with Gasteiger partial charge in [-0.15, -0.1) is 18.3 Å². The molecule has 2 atom stereocenters. The minimum atomic E-state index is 0.509. The maximum atomic E-state index is 3.82. The first-order valence-corrected chi connectivity index (χ1v) is 9.62. The lowest BCUT2D eigenvalue weighted by Crippen LogP contribution is -2.28. The number of rotatable bonds is 7. The Hall–Kier alpha value is -1.71. The van der Waals surface area contributed by atoms with E-state index in [0.29, 0.717) is 12.1 Å². The molecule has 1 fully saturated rings. The minimum absolute atomic E-state index is 0.509. The number of hydrogen-bond donors (Lipinski definition) is 1. The maximum absolute atomic E-state index is 3.82. The largest absolute Gasteiger partial charge is 0.380 e. The van der Waals surface area contributed by atoms with Crippen molar-refractivity contribution in [3.63, 3.8) is 0 Å². The van der Waals surface area contributed by atoms with Crippen LogP contribution in [0.1, 0.15) is 18.9 Å². The monoisotopic (exact) mass is 338 g/mol. The van der Waals surface area contributed by atoms with Gasteiger partial charge in [0.05, 0.1) is 0 Å². The van der Waals surface area contributed by atoms with E-state index < -0.39 is 0 Å². The summed E-state index contributed by atoms with van der Waals surface area (Å²) in [7, 11) is 0. The third-order valence-corrected chi connectivity index (χ3v) is 5.61. The van der Waals surface area contributed by atoms with E-state index in [9.17, 15) is 0 Å². The highest BCUT2D eigenvalue weighted by molar-refractivity contribution is 7.99. The third-order valence-electron chi connectivity index (χ3n) is 4.54. The summed E-state index contributed by atoms with van der Waals surface area (Å²) in [6, 6.07) is 20.5. The van der Waals surface area contributed by atoms with Crippen molar-refractivity contribution in [3.8, 4) is 0 Å². The van der Waals surface area contributed by atoms with Gasteiger partial charge in [0.25, 0.3) is 0 Å². The van der Waals surface area contributed by atoms with E-state index in [4.69, 9.17) is 0 Å². The van der Waals surface area contributed by atoms with Crippen LogP contribution in [0.25, 0.3) is 0 Å². The van der Waals surface area contributed by atoms with Gasteiger partial charge in [-0.25, -0.2) is 0 Å². The summed E-state index contributed by atoms with van der Waals surface area (Å²) in [4.78, 5) is 3.89. The molecule has 1 heterocycles. The number of nitrogens with zero attached hydrogens (tertiary/aromatic N) is 1. The zero-order valence-corrected chi connectivity index (χ0v) is 15.1. The van der Waals surface area contributed by atoms with Gasteiger partial charge in [-0.05, 0) is 31.0 Å². The first-order chi connectivity index (χ1) is 11.8. The average molecular weight is 339 g/mol. The second kappa shape index (κ2) is 8.41. The molecule has 0 saturated carbocycles. The van der Waals surface area contributed by atoms with Crippen LogP contribution in [0.5, 0.6) is 0 Å². The second-order valence-corrected chi connectivity index (χ2v) is 7.50. The summed E-state index contributed by atoms with van der Waals surface area (Å²) >= 11 is 1.84. The number of para-hydroxylation sites is 1. The fraction of sp³-hybridized carbons (Fsp3) is 0.333. The van der Waals surface area contributed by atoms with E-state index in [1.807, 2.05) is 17.8 Å². The molecule has 2 aromatic rings. The van der Waals surface area contributed by atoms with Crippen LogP contribution >= 0.6 is 11.8 Å². The number of nitrogens with one attached hydrogen (secondary N) is 1. The average Bonchev–Trinajstić information content (AvgIpc) is 2.94. The fourth-order valence-corrected chi connectivity index (χ4v) is 4.08. The fourth-order valence-electron chi connectivity index (χ4n) is 3.32. The minimum Gasteiger partial charge on any atom is -0.380 e. The molecule has 1 aliphatic rings. The van der Waals surface area contributed by atoms with Crippen molar-refractivity contribution in [2.45, 2.75) is 36.9 Å². The zero-order valence-electron chi connectivity index (χ0n) is 14.3. The van der Waals surface area contributed by atoms with Gasteiger partial charge in [-0.3, -0.25) is 4.90 Å². The second-order valence-electron chi connectivity index (χ2n) is 6.44. The van der Waals surface area contributed by atoms with Crippen molar-refractivity contribution < 1.29 is 0 Å². The molecule has 2 nitrogen and oxygen atoms in total. The van der Waals surface area contributed by atoms with Crippen molar-refractivity contribution in [1.82, 2.24) is 4.90 Å². The molecule has 3 heteroatoms. The molecular weight excluding hydrogens is 312 g/mol.